The van der Waals surface area contributed by atoms with E-state index in [1.165, 1.54) is 5.56 Å². The molecule has 6 heteroatoms. The fourth-order valence-corrected chi connectivity index (χ4v) is 4.49. The summed E-state index contributed by atoms with van der Waals surface area (Å²) < 4.78 is 11.6. The number of thiophene rings is 1. The fourth-order valence-electron chi connectivity index (χ4n) is 3.76. The van der Waals surface area contributed by atoms with E-state index in [0.29, 0.717) is 12.6 Å². The number of benzene rings is 1. The Morgan fingerprint density at radius 1 is 1.04 bits per heavy atom. The van der Waals surface area contributed by atoms with Crippen LogP contribution in [0.25, 0.3) is 10.2 Å². The van der Waals surface area contributed by atoms with Gasteiger partial charge in [-0.25, -0.2) is 9.97 Å². The third-order valence-electron chi connectivity index (χ3n) is 4.92. The van der Waals surface area contributed by atoms with Crippen molar-refractivity contribution < 1.29 is 9.47 Å². The second kappa shape index (κ2) is 6.19. The molecule has 0 amide bonds. The van der Waals surface area contributed by atoms with Crippen LogP contribution in [-0.2, 0) is 0 Å². The van der Waals surface area contributed by atoms with Gasteiger partial charge in [-0.05, 0) is 42.0 Å². The zero-order valence-corrected chi connectivity index (χ0v) is 14.7. The number of rotatable bonds is 2. The zero-order chi connectivity index (χ0) is 16.6. The fraction of sp³-hybridized carbons (Fsp3) is 0.368. The quantitative estimate of drug-likeness (QED) is 0.691. The number of aromatic nitrogens is 2. The molecule has 4 heterocycles. The molecule has 0 bridgehead atoms. The van der Waals surface area contributed by atoms with E-state index in [2.05, 4.69) is 38.4 Å². The predicted octanol–water partition coefficient (Wildman–Crippen LogP) is 4.19. The standard InChI is InChI=1S/C19H19N3O2S/c1-3-15(13-4-5-16-17(11-13)24-9-2-8-23-16)22(7-1)18-14-6-10-25-19(14)21-12-20-18/h4-6,10-12,15H,1-3,7-9H2/t15-/m0/s1. The second-order valence-corrected chi connectivity index (χ2v) is 7.34. The molecule has 5 rings (SSSR count). The number of fused-ring (bicyclic) bond motifs is 2. The van der Waals surface area contributed by atoms with Crippen molar-refractivity contribution in [2.45, 2.75) is 25.3 Å². The van der Waals surface area contributed by atoms with Crippen LogP contribution in [0.3, 0.4) is 0 Å². The lowest BCUT2D eigenvalue weighted by Crippen LogP contribution is -2.23. The predicted molar refractivity (Wildman–Crippen MR) is 98.8 cm³/mol. The van der Waals surface area contributed by atoms with Crippen LogP contribution in [-0.4, -0.2) is 29.7 Å². The van der Waals surface area contributed by atoms with Crippen molar-refractivity contribution in [1.29, 1.82) is 0 Å². The summed E-state index contributed by atoms with van der Waals surface area (Å²) in [5.41, 5.74) is 1.27. The molecule has 128 valence electrons. The van der Waals surface area contributed by atoms with E-state index < -0.39 is 0 Å². The number of hydrogen-bond donors (Lipinski definition) is 0. The van der Waals surface area contributed by atoms with E-state index in [0.717, 1.165) is 59.9 Å². The van der Waals surface area contributed by atoms with Crippen LogP contribution in [0.15, 0.2) is 36.0 Å². The molecule has 1 fully saturated rings. The van der Waals surface area contributed by atoms with Gasteiger partial charge in [-0.2, -0.15) is 0 Å². The summed E-state index contributed by atoms with van der Waals surface area (Å²) in [4.78, 5) is 12.5. The van der Waals surface area contributed by atoms with Crippen LogP contribution in [0.2, 0.25) is 0 Å². The molecule has 1 saturated heterocycles. The van der Waals surface area contributed by atoms with Crippen LogP contribution < -0.4 is 14.4 Å². The highest BCUT2D eigenvalue weighted by Crippen LogP contribution is 2.41. The SMILES string of the molecule is c1nc(N2CCC[C@H]2c2ccc3c(c2)OCCCO3)c2ccsc2n1. The zero-order valence-electron chi connectivity index (χ0n) is 13.9. The molecule has 0 saturated carbocycles. The Morgan fingerprint density at radius 3 is 2.92 bits per heavy atom. The topological polar surface area (TPSA) is 47.5 Å². The van der Waals surface area contributed by atoms with Gasteiger partial charge in [-0.1, -0.05) is 6.07 Å². The molecule has 0 spiro atoms. The average Bonchev–Trinajstić information content (AvgIpc) is 3.26. The Balaban J connectivity index is 1.53. The molecule has 0 N–H and O–H groups in total. The Kier molecular flexibility index (Phi) is 3.70. The number of anilines is 1. The van der Waals surface area contributed by atoms with Crippen molar-refractivity contribution in [3.63, 3.8) is 0 Å². The van der Waals surface area contributed by atoms with Crippen molar-refractivity contribution in [1.82, 2.24) is 9.97 Å². The number of nitrogens with zero attached hydrogens (tertiary/aromatic N) is 3. The Hall–Kier alpha value is -2.34. The van der Waals surface area contributed by atoms with E-state index in [-0.39, 0.29) is 0 Å². The van der Waals surface area contributed by atoms with Gasteiger partial charge in [0.2, 0.25) is 0 Å². The minimum atomic E-state index is 0.315. The maximum absolute atomic E-state index is 5.88. The van der Waals surface area contributed by atoms with Gasteiger partial charge in [0.25, 0.3) is 0 Å². The summed E-state index contributed by atoms with van der Waals surface area (Å²) in [5, 5.41) is 3.23. The molecule has 2 aliphatic rings. The highest BCUT2D eigenvalue weighted by atomic mass is 32.1. The Morgan fingerprint density at radius 2 is 1.96 bits per heavy atom. The molecule has 1 atom stereocenters. The molecule has 0 unspecified atom stereocenters. The van der Waals surface area contributed by atoms with Crippen molar-refractivity contribution >= 4 is 27.4 Å². The smallest absolute Gasteiger partial charge is 0.161 e. The van der Waals surface area contributed by atoms with Gasteiger partial charge in [-0.3, -0.25) is 0 Å². The van der Waals surface area contributed by atoms with Gasteiger partial charge in [0.15, 0.2) is 11.5 Å². The third kappa shape index (κ3) is 2.61. The first-order valence-corrected chi connectivity index (χ1v) is 9.62. The lowest BCUT2D eigenvalue weighted by molar-refractivity contribution is 0.297. The van der Waals surface area contributed by atoms with Crippen LogP contribution in [0.1, 0.15) is 30.9 Å². The number of ether oxygens (including phenoxy) is 2. The van der Waals surface area contributed by atoms with Crippen molar-refractivity contribution in [2.24, 2.45) is 0 Å². The summed E-state index contributed by atoms with van der Waals surface area (Å²) in [5.74, 6) is 2.76. The molecule has 1 aromatic carbocycles. The largest absolute Gasteiger partial charge is 0.490 e. The van der Waals surface area contributed by atoms with Gasteiger partial charge < -0.3 is 14.4 Å². The van der Waals surface area contributed by atoms with Crippen molar-refractivity contribution in [2.75, 3.05) is 24.7 Å². The summed E-state index contributed by atoms with van der Waals surface area (Å²) in [6.07, 6.45) is 4.89. The average molecular weight is 353 g/mol. The van der Waals surface area contributed by atoms with Gasteiger partial charge in [0, 0.05) is 13.0 Å². The molecule has 25 heavy (non-hydrogen) atoms. The van der Waals surface area contributed by atoms with Crippen LogP contribution in [0, 0.1) is 0 Å². The van der Waals surface area contributed by atoms with E-state index in [9.17, 15) is 0 Å². The van der Waals surface area contributed by atoms with Crippen LogP contribution in [0.5, 0.6) is 11.5 Å². The Labute approximate surface area is 150 Å². The van der Waals surface area contributed by atoms with Crippen LogP contribution in [0.4, 0.5) is 5.82 Å². The van der Waals surface area contributed by atoms with Gasteiger partial charge in [-0.15, -0.1) is 11.3 Å². The normalized spacial score (nSPS) is 20.0. The third-order valence-corrected chi connectivity index (χ3v) is 5.74. The molecule has 3 aromatic rings. The van der Waals surface area contributed by atoms with Crippen molar-refractivity contribution in [3.05, 3.63) is 41.5 Å². The minimum Gasteiger partial charge on any atom is -0.490 e. The summed E-state index contributed by atoms with van der Waals surface area (Å²) >= 11 is 1.66. The molecule has 0 radical (unpaired) electrons. The second-order valence-electron chi connectivity index (χ2n) is 6.44. The maximum Gasteiger partial charge on any atom is 0.161 e. The van der Waals surface area contributed by atoms with Crippen LogP contribution >= 0.6 is 11.3 Å². The first kappa shape index (κ1) is 15.0. The highest BCUT2D eigenvalue weighted by Gasteiger charge is 2.29. The molecular weight excluding hydrogens is 334 g/mol. The molecule has 0 aliphatic carbocycles. The molecular formula is C19H19N3O2S. The van der Waals surface area contributed by atoms with E-state index in [4.69, 9.17) is 9.47 Å². The monoisotopic (exact) mass is 353 g/mol. The lowest BCUT2D eigenvalue weighted by Gasteiger charge is -2.27. The first-order valence-electron chi connectivity index (χ1n) is 8.74. The minimum absolute atomic E-state index is 0.315. The van der Waals surface area contributed by atoms with Crippen molar-refractivity contribution in [3.8, 4) is 11.5 Å². The first-order chi connectivity index (χ1) is 12.4. The van der Waals surface area contributed by atoms with Gasteiger partial charge in [0.1, 0.15) is 17.0 Å². The Bertz CT molecular complexity index is 911. The summed E-state index contributed by atoms with van der Waals surface area (Å²) in [6, 6.07) is 8.80. The maximum atomic E-state index is 5.88. The highest BCUT2D eigenvalue weighted by molar-refractivity contribution is 7.16. The number of hydrogen-bond acceptors (Lipinski definition) is 6. The summed E-state index contributed by atoms with van der Waals surface area (Å²) in [6.45, 7) is 2.45. The van der Waals surface area contributed by atoms with E-state index >= 15 is 0 Å². The van der Waals surface area contributed by atoms with Gasteiger partial charge in [0.05, 0.1) is 24.6 Å². The van der Waals surface area contributed by atoms with E-state index in [1.807, 2.05) is 6.07 Å². The lowest BCUT2D eigenvalue weighted by atomic mass is 10.0. The molecule has 2 aliphatic heterocycles. The van der Waals surface area contributed by atoms with Gasteiger partial charge >= 0.3 is 0 Å². The molecule has 5 nitrogen and oxygen atoms in total. The van der Waals surface area contributed by atoms with E-state index in [1.54, 1.807) is 17.7 Å². The molecule has 2 aromatic heterocycles. The summed E-state index contributed by atoms with van der Waals surface area (Å²) in [7, 11) is 0.